The molecular weight excluding hydrogens is 338 g/mol. The van der Waals surface area contributed by atoms with E-state index in [1.807, 2.05) is 72.8 Å². The molecule has 4 nitrogen and oxygen atoms in total. The Morgan fingerprint density at radius 3 is 2.26 bits per heavy atom. The molecule has 0 fully saturated rings. The number of methoxy groups -OCH3 is 1. The summed E-state index contributed by atoms with van der Waals surface area (Å²) in [5, 5.41) is 2.98. The molecule has 0 unspecified atom stereocenters. The second-order valence-electron chi connectivity index (χ2n) is 6.10. The Labute approximate surface area is 159 Å². The van der Waals surface area contributed by atoms with Crippen molar-refractivity contribution < 1.29 is 14.3 Å². The first-order chi connectivity index (χ1) is 13.2. The fourth-order valence-electron chi connectivity index (χ4n) is 2.80. The van der Waals surface area contributed by atoms with Gasteiger partial charge in [0.1, 0.15) is 6.61 Å². The minimum absolute atomic E-state index is 0.118. The number of hydrogen-bond donors (Lipinski definition) is 1. The minimum Gasteiger partial charge on any atom is -0.493 e. The van der Waals surface area contributed by atoms with Gasteiger partial charge in [0.15, 0.2) is 11.5 Å². The van der Waals surface area contributed by atoms with Crippen molar-refractivity contribution in [3.05, 3.63) is 89.5 Å². The smallest absolute Gasteiger partial charge is 0.255 e. The van der Waals surface area contributed by atoms with Crippen LogP contribution in [-0.4, -0.2) is 13.0 Å². The lowest BCUT2D eigenvalue weighted by molar-refractivity contribution is 0.102. The van der Waals surface area contributed by atoms with Gasteiger partial charge in [0, 0.05) is 11.3 Å². The van der Waals surface area contributed by atoms with Crippen LogP contribution in [0.3, 0.4) is 0 Å². The van der Waals surface area contributed by atoms with Crippen molar-refractivity contribution in [2.24, 2.45) is 0 Å². The van der Waals surface area contributed by atoms with E-state index in [4.69, 9.17) is 9.47 Å². The first-order valence-corrected chi connectivity index (χ1v) is 8.95. The fraction of sp³-hybridized carbons (Fsp3) is 0.174. The topological polar surface area (TPSA) is 47.6 Å². The molecule has 3 aromatic rings. The van der Waals surface area contributed by atoms with E-state index in [1.165, 1.54) is 0 Å². The zero-order chi connectivity index (χ0) is 19.1. The van der Waals surface area contributed by atoms with Crippen LogP contribution >= 0.6 is 0 Å². The second-order valence-corrected chi connectivity index (χ2v) is 6.10. The summed E-state index contributed by atoms with van der Waals surface area (Å²) in [7, 11) is 1.62. The zero-order valence-electron chi connectivity index (χ0n) is 15.6. The normalized spacial score (nSPS) is 10.3. The van der Waals surface area contributed by atoms with Crippen LogP contribution in [0.4, 0.5) is 5.69 Å². The monoisotopic (exact) mass is 361 g/mol. The Morgan fingerprint density at radius 1 is 0.889 bits per heavy atom. The van der Waals surface area contributed by atoms with Gasteiger partial charge in [-0.15, -0.1) is 0 Å². The maximum atomic E-state index is 12.5. The first kappa shape index (κ1) is 18.5. The lowest BCUT2D eigenvalue weighted by atomic mass is 10.1. The number of carbonyl (C=O) groups excluding carboxylic acids is 1. The minimum atomic E-state index is -0.118. The molecule has 4 heteroatoms. The highest BCUT2D eigenvalue weighted by atomic mass is 16.5. The molecule has 1 N–H and O–H groups in total. The molecule has 3 rings (SSSR count). The number of nitrogens with one attached hydrogen (secondary N) is 1. The highest BCUT2D eigenvalue weighted by Crippen LogP contribution is 2.26. The molecule has 0 atom stereocenters. The molecule has 0 aliphatic carbocycles. The Balaban J connectivity index is 1.63. The molecule has 0 spiro atoms. The molecule has 0 aliphatic heterocycles. The van der Waals surface area contributed by atoms with Crippen molar-refractivity contribution in [2.45, 2.75) is 20.0 Å². The molecule has 27 heavy (non-hydrogen) atoms. The van der Waals surface area contributed by atoms with Crippen LogP contribution in [0.1, 0.15) is 28.4 Å². The van der Waals surface area contributed by atoms with Crippen molar-refractivity contribution in [3.63, 3.8) is 0 Å². The Morgan fingerprint density at radius 2 is 1.56 bits per heavy atom. The largest absolute Gasteiger partial charge is 0.493 e. The molecule has 0 radical (unpaired) electrons. The summed E-state index contributed by atoms with van der Waals surface area (Å²) >= 11 is 0. The van der Waals surface area contributed by atoms with E-state index >= 15 is 0 Å². The van der Waals surface area contributed by atoms with Gasteiger partial charge in [-0.3, -0.25) is 4.79 Å². The molecular formula is C23H23NO3. The lowest BCUT2D eigenvalue weighted by Crippen LogP contribution is -2.13. The van der Waals surface area contributed by atoms with Crippen LogP contribution < -0.4 is 14.8 Å². The predicted molar refractivity (Wildman–Crippen MR) is 108 cm³/mol. The van der Waals surface area contributed by atoms with Crippen molar-refractivity contribution >= 4 is 11.6 Å². The van der Waals surface area contributed by atoms with Gasteiger partial charge < -0.3 is 14.8 Å². The molecule has 0 aliphatic rings. The molecule has 0 saturated heterocycles. The average Bonchev–Trinajstić information content (AvgIpc) is 2.73. The van der Waals surface area contributed by atoms with Gasteiger partial charge in [0.25, 0.3) is 5.91 Å². The second kappa shape index (κ2) is 8.90. The Kier molecular flexibility index (Phi) is 6.10. The van der Waals surface area contributed by atoms with Gasteiger partial charge in [-0.1, -0.05) is 49.4 Å². The van der Waals surface area contributed by atoms with Gasteiger partial charge in [-0.05, 0) is 47.9 Å². The van der Waals surface area contributed by atoms with Crippen LogP contribution in [0, 0.1) is 0 Å². The first-order valence-electron chi connectivity index (χ1n) is 8.95. The summed E-state index contributed by atoms with van der Waals surface area (Å²) in [5.41, 5.74) is 3.56. The molecule has 0 saturated carbocycles. The summed E-state index contributed by atoms with van der Waals surface area (Å²) in [6, 6.07) is 22.8. The summed E-state index contributed by atoms with van der Waals surface area (Å²) in [6.07, 6.45) is 0.871. The number of ether oxygens (including phenoxy) is 2. The highest BCUT2D eigenvalue weighted by Gasteiger charge is 2.09. The quantitative estimate of drug-likeness (QED) is 0.638. The molecule has 3 aromatic carbocycles. The van der Waals surface area contributed by atoms with E-state index in [1.54, 1.807) is 7.11 Å². The van der Waals surface area contributed by atoms with Crippen LogP contribution in [-0.2, 0) is 13.0 Å². The molecule has 138 valence electrons. The number of hydrogen-bond acceptors (Lipinski definition) is 3. The number of rotatable bonds is 7. The number of anilines is 1. The third-order valence-corrected chi connectivity index (χ3v) is 4.33. The Hall–Kier alpha value is -3.27. The van der Waals surface area contributed by atoms with Crippen molar-refractivity contribution in [1.29, 1.82) is 0 Å². The van der Waals surface area contributed by atoms with Crippen LogP contribution in [0.15, 0.2) is 72.8 Å². The maximum absolute atomic E-state index is 12.5. The van der Waals surface area contributed by atoms with Crippen LogP contribution in [0.25, 0.3) is 0 Å². The lowest BCUT2D eigenvalue weighted by Gasteiger charge is -2.11. The third kappa shape index (κ3) is 4.67. The summed E-state index contributed by atoms with van der Waals surface area (Å²) in [6.45, 7) is 2.47. The molecule has 0 aromatic heterocycles. The van der Waals surface area contributed by atoms with E-state index in [0.29, 0.717) is 23.7 Å². The standard InChI is InChI=1S/C23H23NO3/c1-3-18-8-4-5-9-20(18)24-23(25)19-14-12-17(13-15-19)16-27-22-11-7-6-10-21(22)26-2/h4-15H,3,16H2,1-2H3,(H,24,25). The number of benzene rings is 3. The molecule has 1 amide bonds. The van der Waals surface area contributed by atoms with Crippen molar-refractivity contribution in [2.75, 3.05) is 12.4 Å². The fourth-order valence-corrected chi connectivity index (χ4v) is 2.80. The van der Waals surface area contributed by atoms with Gasteiger partial charge >= 0.3 is 0 Å². The van der Waals surface area contributed by atoms with Gasteiger partial charge in [-0.25, -0.2) is 0 Å². The van der Waals surface area contributed by atoms with Gasteiger partial charge in [0.05, 0.1) is 7.11 Å². The van der Waals surface area contributed by atoms with Crippen LogP contribution in [0.5, 0.6) is 11.5 Å². The summed E-state index contributed by atoms with van der Waals surface area (Å²) < 4.78 is 11.1. The van der Waals surface area contributed by atoms with E-state index < -0.39 is 0 Å². The van der Waals surface area contributed by atoms with Gasteiger partial charge in [0.2, 0.25) is 0 Å². The maximum Gasteiger partial charge on any atom is 0.255 e. The average molecular weight is 361 g/mol. The SMILES string of the molecule is CCc1ccccc1NC(=O)c1ccc(COc2ccccc2OC)cc1. The highest BCUT2D eigenvalue weighted by molar-refractivity contribution is 6.04. The van der Waals surface area contributed by atoms with Crippen molar-refractivity contribution in [3.8, 4) is 11.5 Å². The number of aryl methyl sites for hydroxylation is 1. The predicted octanol–water partition coefficient (Wildman–Crippen LogP) is 5.09. The van der Waals surface area contributed by atoms with Crippen molar-refractivity contribution in [1.82, 2.24) is 0 Å². The number of amides is 1. The van der Waals surface area contributed by atoms with Gasteiger partial charge in [-0.2, -0.15) is 0 Å². The molecule has 0 heterocycles. The van der Waals surface area contributed by atoms with E-state index in [2.05, 4.69) is 12.2 Å². The van der Waals surface area contributed by atoms with Crippen LogP contribution in [0.2, 0.25) is 0 Å². The van der Waals surface area contributed by atoms with E-state index in [0.717, 1.165) is 23.2 Å². The summed E-state index contributed by atoms with van der Waals surface area (Å²) in [4.78, 5) is 12.5. The van der Waals surface area contributed by atoms with E-state index in [-0.39, 0.29) is 5.91 Å². The zero-order valence-corrected chi connectivity index (χ0v) is 15.6. The molecule has 0 bridgehead atoms. The summed E-state index contributed by atoms with van der Waals surface area (Å²) in [5.74, 6) is 1.27. The third-order valence-electron chi connectivity index (χ3n) is 4.33. The Bertz CT molecular complexity index is 904. The number of carbonyl (C=O) groups is 1. The number of para-hydroxylation sites is 3. The van der Waals surface area contributed by atoms with E-state index in [9.17, 15) is 4.79 Å².